The predicted molar refractivity (Wildman–Crippen MR) is 71.1 cm³/mol. The molecule has 1 heterocycles. The lowest BCUT2D eigenvalue weighted by Crippen LogP contribution is -2.19. The van der Waals surface area contributed by atoms with Crippen molar-refractivity contribution in [3.63, 3.8) is 0 Å². The minimum absolute atomic E-state index is 0.826. The molecule has 0 atom stereocenters. The third kappa shape index (κ3) is 5.10. The first kappa shape index (κ1) is 13.7. The first-order valence-electron chi connectivity index (χ1n) is 6.22. The van der Waals surface area contributed by atoms with E-state index in [2.05, 4.69) is 30.6 Å². The summed E-state index contributed by atoms with van der Waals surface area (Å²) in [5.74, 6) is 0. The lowest BCUT2D eigenvalue weighted by Gasteiger charge is -2.06. The van der Waals surface area contributed by atoms with Crippen molar-refractivity contribution < 1.29 is 4.74 Å². The van der Waals surface area contributed by atoms with Crippen molar-refractivity contribution in [2.24, 2.45) is 0 Å². The largest absolute Gasteiger partial charge is 0.380 e. The zero-order chi connectivity index (χ0) is 11.6. The van der Waals surface area contributed by atoms with Gasteiger partial charge in [0.1, 0.15) is 0 Å². The minimum Gasteiger partial charge on any atom is -0.380 e. The normalized spacial score (nSPS) is 10.9. The van der Waals surface area contributed by atoms with Gasteiger partial charge in [0.25, 0.3) is 0 Å². The van der Waals surface area contributed by atoms with E-state index >= 15 is 0 Å². The van der Waals surface area contributed by atoms with Crippen molar-refractivity contribution in [2.45, 2.75) is 39.7 Å². The van der Waals surface area contributed by atoms with Crippen LogP contribution in [0.4, 0.5) is 0 Å². The second-order valence-electron chi connectivity index (χ2n) is 3.87. The monoisotopic (exact) mass is 241 g/mol. The minimum atomic E-state index is 0.826. The molecular formula is C13H23NOS. The van der Waals surface area contributed by atoms with Crippen LogP contribution < -0.4 is 5.32 Å². The predicted octanol–water partition coefficient (Wildman–Crippen LogP) is 3.22. The van der Waals surface area contributed by atoms with Crippen LogP contribution in [0.1, 0.15) is 37.1 Å². The van der Waals surface area contributed by atoms with Gasteiger partial charge in [-0.15, -0.1) is 11.3 Å². The van der Waals surface area contributed by atoms with Crippen molar-refractivity contribution in [1.82, 2.24) is 5.32 Å². The average Bonchev–Trinajstić information content (AvgIpc) is 2.75. The van der Waals surface area contributed by atoms with Crippen molar-refractivity contribution in [3.8, 4) is 0 Å². The van der Waals surface area contributed by atoms with Crippen LogP contribution in [0.15, 0.2) is 11.4 Å². The van der Waals surface area contributed by atoms with E-state index in [9.17, 15) is 0 Å². The SMILES string of the molecule is CCCCOCCNCc1sccc1CC. The molecule has 0 saturated carbocycles. The molecule has 0 aromatic carbocycles. The lowest BCUT2D eigenvalue weighted by atomic mass is 10.2. The molecule has 1 N–H and O–H groups in total. The van der Waals surface area contributed by atoms with Crippen molar-refractivity contribution in [3.05, 3.63) is 21.9 Å². The Morgan fingerprint density at radius 3 is 2.94 bits per heavy atom. The van der Waals surface area contributed by atoms with E-state index in [-0.39, 0.29) is 0 Å². The quantitative estimate of drug-likeness (QED) is 0.670. The fourth-order valence-electron chi connectivity index (χ4n) is 1.53. The molecule has 0 unspecified atom stereocenters. The van der Waals surface area contributed by atoms with Gasteiger partial charge in [-0.05, 0) is 29.9 Å². The number of hydrogen-bond donors (Lipinski definition) is 1. The third-order valence-electron chi connectivity index (χ3n) is 2.57. The van der Waals surface area contributed by atoms with Crippen LogP contribution in [-0.4, -0.2) is 19.8 Å². The van der Waals surface area contributed by atoms with Crippen LogP contribution >= 0.6 is 11.3 Å². The van der Waals surface area contributed by atoms with Gasteiger partial charge >= 0.3 is 0 Å². The highest BCUT2D eigenvalue weighted by Gasteiger charge is 2.00. The number of hydrogen-bond acceptors (Lipinski definition) is 3. The summed E-state index contributed by atoms with van der Waals surface area (Å²) < 4.78 is 5.49. The van der Waals surface area contributed by atoms with Crippen molar-refractivity contribution in [1.29, 1.82) is 0 Å². The Labute approximate surface area is 103 Å². The van der Waals surface area contributed by atoms with Gasteiger partial charge in [-0.25, -0.2) is 0 Å². The summed E-state index contributed by atoms with van der Waals surface area (Å²) in [4.78, 5) is 1.47. The Morgan fingerprint density at radius 1 is 1.31 bits per heavy atom. The topological polar surface area (TPSA) is 21.3 Å². The molecule has 0 radical (unpaired) electrons. The van der Waals surface area contributed by atoms with E-state index in [0.29, 0.717) is 0 Å². The number of unbranched alkanes of at least 4 members (excludes halogenated alkanes) is 1. The fourth-order valence-corrected chi connectivity index (χ4v) is 2.48. The molecular weight excluding hydrogens is 218 g/mol. The van der Waals surface area contributed by atoms with Gasteiger partial charge in [0.05, 0.1) is 6.61 Å². The standard InChI is InChI=1S/C13H23NOS/c1-3-5-8-15-9-7-14-11-13-12(4-2)6-10-16-13/h6,10,14H,3-5,7-9,11H2,1-2H3. The number of ether oxygens (including phenoxy) is 1. The van der Waals surface area contributed by atoms with E-state index in [1.165, 1.54) is 23.3 Å². The van der Waals surface area contributed by atoms with Gasteiger partial charge in [0.2, 0.25) is 0 Å². The van der Waals surface area contributed by atoms with Crippen molar-refractivity contribution in [2.75, 3.05) is 19.8 Å². The summed E-state index contributed by atoms with van der Waals surface area (Å²) in [7, 11) is 0. The molecule has 2 nitrogen and oxygen atoms in total. The summed E-state index contributed by atoms with van der Waals surface area (Å²) in [5, 5.41) is 5.60. The maximum atomic E-state index is 5.49. The van der Waals surface area contributed by atoms with E-state index in [1.54, 1.807) is 0 Å². The molecule has 0 spiro atoms. The second kappa shape index (κ2) is 8.74. The van der Waals surface area contributed by atoms with E-state index in [1.807, 2.05) is 11.3 Å². The molecule has 0 bridgehead atoms. The molecule has 0 aliphatic heterocycles. The highest BCUT2D eigenvalue weighted by Crippen LogP contribution is 2.16. The summed E-state index contributed by atoms with van der Waals surface area (Å²) in [6.07, 6.45) is 3.51. The van der Waals surface area contributed by atoms with Crippen LogP contribution in [0.5, 0.6) is 0 Å². The van der Waals surface area contributed by atoms with Gasteiger partial charge in [0, 0.05) is 24.6 Å². The highest BCUT2D eigenvalue weighted by atomic mass is 32.1. The van der Waals surface area contributed by atoms with Crippen molar-refractivity contribution >= 4 is 11.3 Å². The molecule has 16 heavy (non-hydrogen) atoms. The van der Waals surface area contributed by atoms with E-state index in [0.717, 1.165) is 32.7 Å². The van der Waals surface area contributed by atoms with Crippen LogP contribution in [-0.2, 0) is 17.7 Å². The van der Waals surface area contributed by atoms with Gasteiger partial charge in [-0.2, -0.15) is 0 Å². The van der Waals surface area contributed by atoms with Gasteiger partial charge < -0.3 is 10.1 Å². The third-order valence-corrected chi connectivity index (χ3v) is 3.53. The van der Waals surface area contributed by atoms with E-state index < -0.39 is 0 Å². The Morgan fingerprint density at radius 2 is 2.19 bits per heavy atom. The molecule has 0 saturated heterocycles. The first-order chi connectivity index (χ1) is 7.88. The average molecular weight is 241 g/mol. The van der Waals surface area contributed by atoms with Gasteiger partial charge in [-0.3, -0.25) is 0 Å². The molecule has 0 aliphatic rings. The molecule has 92 valence electrons. The number of thiophene rings is 1. The molecule has 0 fully saturated rings. The smallest absolute Gasteiger partial charge is 0.0591 e. The zero-order valence-corrected chi connectivity index (χ0v) is 11.2. The van der Waals surface area contributed by atoms with Crippen LogP contribution in [0.2, 0.25) is 0 Å². The number of nitrogens with one attached hydrogen (secondary N) is 1. The Kier molecular flexibility index (Phi) is 7.47. The van der Waals surface area contributed by atoms with Crippen LogP contribution in [0.25, 0.3) is 0 Å². The zero-order valence-electron chi connectivity index (χ0n) is 10.4. The maximum absolute atomic E-state index is 5.49. The Bertz CT molecular complexity index is 273. The summed E-state index contributed by atoms with van der Waals surface area (Å²) >= 11 is 1.84. The first-order valence-corrected chi connectivity index (χ1v) is 7.10. The Balaban J connectivity index is 2.03. The molecule has 1 aromatic rings. The summed E-state index contributed by atoms with van der Waals surface area (Å²) in [5.41, 5.74) is 1.48. The molecule has 0 amide bonds. The van der Waals surface area contributed by atoms with Gasteiger partial charge in [0.15, 0.2) is 0 Å². The summed E-state index contributed by atoms with van der Waals surface area (Å²) in [6.45, 7) is 8.05. The lowest BCUT2D eigenvalue weighted by molar-refractivity contribution is 0.133. The number of rotatable bonds is 9. The second-order valence-corrected chi connectivity index (χ2v) is 4.87. The van der Waals surface area contributed by atoms with E-state index in [4.69, 9.17) is 4.74 Å². The maximum Gasteiger partial charge on any atom is 0.0591 e. The molecule has 0 aliphatic carbocycles. The number of aryl methyl sites for hydroxylation is 1. The highest BCUT2D eigenvalue weighted by molar-refractivity contribution is 7.10. The van der Waals surface area contributed by atoms with Gasteiger partial charge in [-0.1, -0.05) is 20.3 Å². The summed E-state index contributed by atoms with van der Waals surface area (Å²) in [6, 6.07) is 2.22. The Hall–Kier alpha value is -0.380. The molecule has 3 heteroatoms. The fraction of sp³-hybridized carbons (Fsp3) is 0.692. The van der Waals surface area contributed by atoms with Crippen LogP contribution in [0.3, 0.4) is 0 Å². The molecule has 1 aromatic heterocycles. The van der Waals surface area contributed by atoms with Crippen LogP contribution in [0, 0.1) is 0 Å². The molecule has 1 rings (SSSR count).